The summed E-state index contributed by atoms with van der Waals surface area (Å²) in [6.07, 6.45) is 0. The second-order valence-electron chi connectivity index (χ2n) is 4.74. The largest absolute Gasteiger partial charge is 0.496 e. The number of benzene rings is 1. The van der Waals surface area contributed by atoms with Crippen LogP contribution in [-0.4, -0.2) is 26.9 Å². The Bertz CT molecular complexity index is 370. The Morgan fingerprint density at radius 3 is 2.82 bits per heavy atom. The zero-order chi connectivity index (χ0) is 12.3. The first-order valence-corrected chi connectivity index (χ1v) is 6.21. The second kappa shape index (κ2) is 5.52. The molecule has 0 spiro atoms. The summed E-state index contributed by atoms with van der Waals surface area (Å²) in [7, 11) is 1.73. The summed E-state index contributed by atoms with van der Waals surface area (Å²) in [5.41, 5.74) is 2.50. The SMILES string of the molecule is COc1cc(C(C)C)ccc1C1COCCN1. The summed E-state index contributed by atoms with van der Waals surface area (Å²) < 4.78 is 11.0. The van der Waals surface area contributed by atoms with Crippen molar-refractivity contribution in [2.75, 3.05) is 26.9 Å². The van der Waals surface area contributed by atoms with Crippen LogP contribution in [-0.2, 0) is 4.74 Å². The predicted molar refractivity (Wildman–Crippen MR) is 68.6 cm³/mol. The van der Waals surface area contributed by atoms with E-state index in [0.29, 0.717) is 5.92 Å². The van der Waals surface area contributed by atoms with Gasteiger partial charge < -0.3 is 14.8 Å². The molecule has 0 radical (unpaired) electrons. The van der Waals surface area contributed by atoms with Gasteiger partial charge in [-0.2, -0.15) is 0 Å². The molecular weight excluding hydrogens is 214 g/mol. The highest BCUT2D eigenvalue weighted by Gasteiger charge is 2.19. The molecule has 17 heavy (non-hydrogen) atoms. The summed E-state index contributed by atoms with van der Waals surface area (Å²) in [4.78, 5) is 0. The van der Waals surface area contributed by atoms with E-state index in [0.717, 1.165) is 25.5 Å². The van der Waals surface area contributed by atoms with E-state index in [2.05, 4.69) is 37.4 Å². The third kappa shape index (κ3) is 2.79. The zero-order valence-electron chi connectivity index (χ0n) is 10.8. The van der Waals surface area contributed by atoms with Crippen LogP contribution in [0.15, 0.2) is 18.2 Å². The van der Waals surface area contributed by atoms with Crippen molar-refractivity contribution in [3.8, 4) is 5.75 Å². The second-order valence-corrected chi connectivity index (χ2v) is 4.74. The molecule has 0 amide bonds. The van der Waals surface area contributed by atoms with E-state index in [1.54, 1.807) is 7.11 Å². The summed E-state index contributed by atoms with van der Waals surface area (Å²) >= 11 is 0. The highest BCUT2D eigenvalue weighted by atomic mass is 16.5. The third-order valence-electron chi connectivity index (χ3n) is 3.22. The molecule has 1 aliphatic rings. The first-order valence-electron chi connectivity index (χ1n) is 6.21. The number of nitrogens with one attached hydrogen (secondary N) is 1. The summed E-state index contributed by atoms with van der Waals surface area (Å²) in [5, 5.41) is 3.45. The Morgan fingerprint density at radius 2 is 2.24 bits per heavy atom. The molecule has 1 aliphatic heterocycles. The van der Waals surface area contributed by atoms with Crippen LogP contribution in [0.2, 0.25) is 0 Å². The van der Waals surface area contributed by atoms with Gasteiger partial charge in [-0.1, -0.05) is 26.0 Å². The van der Waals surface area contributed by atoms with Gasteiger partial charge in [-0.25, -0.2) is 0 Å². The lowest BCUT2D eigenvalue weighted by Gasteiger charge is -2.26. The molecule has 1 unspecified atom stereocenters. The monoisotopic (exact) mass is 235 g/mol. The van der Waals surface area contributed by atoms with Crippen LogP contribution in [0.4, 0.5) is 0 Å². The standard InChI is InChI=1S/C14H21NO2/c1-10(2)11-4-5-12(14(8-11)16-3)13-9-17-7-6-15-13/h4-5,8,10,13,15H,6-7,9H2,1-3H3. The number of hydrogen-bond donors (Lipinski definition) is 1. The van der Waals surface area contributed by atoms with Gasteiger partial charge >= 0.3 is 0 Å². The van der Waals surface area contributed by atoms with Crippen LogP contribution >= 0.6 is 0 Å². The number of methoxy groups -OCH3 is 1. The Morgan fingerprint density at radius 1 is 1.41 bits per heavy atom. The highest BCUT2D eigenvalue weighted by Crippen LogP contribution is 2.30. The molecule has 0 saturated carbocycles. The quantitative estimate of drug-likeness (QED) is 0.873. The van der Waals surface area contributed by atoms with E-state index in [-0.39, 0.29) is 6.04 Å². The van der Waals surface area contributed by atoms with Crippen molar-refractivity contribution < 1.29 is 9.47 Å². The topological polar surface area (TPSA) is 30.5 Å². The van der Waals surface area contributed by atoms with Crippen molar-refractivity contribution >= 4 is 0 Å². The molecule has 3 heteroatoms. The molecule has 2 rings (SSSR count). The van der Waals surface area contributed by atoms with Crippen molar-refractivity contribution in [1.82, 2.24) is 5.32 Å². The minimum atomic E-state index is 0.250. The van der Waals surface area contributed by atoms with E-state index in [9.17, 15) is 0 Å². The Hall–Kier alpha value is -1.06. The Balaban J connectivity index is 2.26. The molecule has 0 aromatic heterocycles. The maximum absolute atomic E-state index is 5.50. The smallest absolute Gasteiger partial charge is 0.124 e. The molecule has 1 N–H and O–H groups in total. The first kappa shape index (κ1) is 12.4. The van der Waals surface area contributed by atoms with E-state index < -0.39 is 0 Å². The molecule has 94 valence electrons. The molecular formula is C14H21NO2. The Labute approximate surface area is 103 Å². The van der Waals surface area contributed by atoms with Crippen molar-refractivity contribution in [3.63, 3.8) is 0 Å². The predicted octanol–water partition coefficient (Wildman–Crippen LogP) is 2.48. The molecule has 1 saturated heterocycles. The molecule has 1 heterocycles. The number of hydrogen-bond acceptors (Lipinski definition) is 3. The fourth-order valence-corrected chi connectivity index (χ4v) is 2.14. The molecule has 1 aromatic rings. The van der Waals surface area contributed by atoms with Crippen molar-refractivity contribution in [2.45, 2.75) is 25.8 Å². The average molecular weight is 235 g/mol. The van der Waals surface area contributed by atoms with Gasteiger partial charge in [-0.05, 0) is 17.5 Å². The molecule has 0 bridgehead atoms. The maximum Gasteiger partial charge on any atom is 0.124 e. The maximum atomic E-state index is 5.50. The van der Waals surface area contributed by atoms with Gasteiger partial charge in [0.15, 0.2) is 0 Å². The average Bonchev–Trinajstić information content (AvgIpc) is 2.39. The summed E-state index contributed by atoms with van der Waals surface area (Å²) in [6, 6.07) is 6.72. The minimum absolute atomic E-state index is 0.250. The van der Waals surface area contributed by atoms with E-state index >= 15 is 0 Å². The number of morpholine rings is 1. The van der Waals surface area contributed by atoms with Crippen LogP contribution in [0, 0.1) is 0 Å². The van der Waals surface area contributed by atoms with E-state index in [1.807, 2.05) is 0 Å². The van der Waals surface area contributed by atoms with Gasteiger partial charge in [0, 0.05) is 12.1 Å². The van der Waals surface area contributed by atoms with Crippen LogP contribution in [0.25, 0.3) is 0 Å². The molecule has 1 aromatic carbocycles. The van der Waals surface area contributed by atoms with Gasteiger partial charge in [0.2, 0.25) is 0 Å². The van der Waals surface area contributed by atoms with Crippen LogP contribution < -0.4 is 10.1 Å². The summed E-state index contributed by atoms with van der Waals surface area (Å²) in [6.45, 7) is 6.80. The van der Waals surface area contributed by atoms with Crippen molar-refractivity contribution in [3.05, 3.63) is 29.3 Å². The van der Waals surface area contributed by atoms with Gasteiger partial charge in [0.05, 0.1) is 26.4 Å². The van der Waals surface area contributed by atoms with Crippen LogP contribution in [0.1, 0.15) is 36.9 Å². The van der Waals surface area contributed by atoms with Gasteiger partial charge in [-0.15, -0.1) is 0 Å². The Kier molecular flexibility index (Phi) is 4.02. The lowest BCUT2D eigenvalue weighted by atomic mass is 9.98. The van der Waals surface area contributed by atoms with Crippen molar-refractivity contribution in [2.24, 2.45) is 0 Å². The third-order valence-corrected chi connectivity index (χ3v) is 3.22. The van der Waals surface area contributed by atoms with Gasteiger partial charge in [0.25, 0.3) is 0 Å². The molecule has 1 fully saturated rings. The summed E-state index contributed by atoms with van der Waals surface area (Å²) in [5.74, 6) is 1.48. The molecule has 3 nitrogen and oxygen atoms in total. The van der Waals surface area contributed by atoms with Gasteiger partial charge in [-0.3, -0.25) is 0 Å². The number of rotatable bonds is 3. The first-order chi connectivity index (χ1) is 8.22. The molecule has 0 aliphatic carbocycles. The molecule has 1 atom stereocenters. The lowest BCUT2D eigenvalue weighted by Crippen LogP contribution is -2.34. The van der Waals surface area contributed by atoms with E-state index in [4.69, 9.17) is 9.47 Å². The lowest BCUT2D eigenvalue weighted by molar-refractivity contribution is 0.0760. The van der Waals surface area contributed by atoms with Gasteiger partial charge in [0.1, 0.15) is 5.75 Å². The minimum Gasteiger partial charge on any atom is -0.496 e. The van der Waals surface area contributed by atoms with E-state index in [1.165, 1.54) is 11.1 Å². The van der Waals surface area contributed by atoms with Crippen LogP contribution in [0.3, 0.4) is 0 Å². The van der Waals surface area contributed by atoms with Crippen LogP contribution in [0.5, 0.6) is 5.75 Å². The zero-order valence-corrected chi connectivity index (χ0v) is 10.8. The van der Waals surface area contributed by atoms with Crippen molar-refractivity contribution in [1.29, 1.82) is 0 Å². The fraction of sp³-hybridized carbons (Fsp3) is 0.571. The highest BCUT2D eigenvalue weighted by molar-refractivity contribution is 5.40. The fourth-order valence-electron chi connectivity index (χ4n) is 2.14. The normalized spacial score (nSPS) is 20.6. The number of ether oxygens (including phenoxy) is 2.